The van der Waals surface area contributed by atoms with Crippen LogP contribution < -0.4 is 0 Å². The Morgan fingerprint density at radius 1 is 1.38 bits per heavy atom. The number of rotatable bonds is 3. The average molecular weight is 219 g/mol. The molecule has 0 amide bonds. The lowest BCUT2D eigenvalue weighted by Crippen LogP contribution is -2.17. The van der Waals surface area contributed by atoms with Crippen molar-refractivity contribution in [3.8, 4) is 0 Å². The normalized spacial score (nSPS) is 10.8. The van der Waals surface area contributed by atoms with Gasteiger partial charge < -0.3 is 4.90 Å². The van der Waals surface area contributed by atoms with Crippen LogP contribution in [-0.4, -0.2) is 23.5 Å². The third-order valence-electron chi connectivity index (χ3n) is 1.87. The van der Waals surface area contributed by atoms with Crippen molar-refractivity contribution in [3.63, 3.8) is 0 Å². The van der Waals surface area contributed by atoms with Crippen LogP contribution in [0, 0.1) is 0 Å². The van der Waals surface area contributed by atoms with E-state index in [0.717, 1.165) is 18.7 Å². The van der Waals surface area contributed by atoms with Gasteiger partial charge in [0.1, 0.15) is 10.3 Å². The summed E-state index contributed by atoms with van der Waals surface area (Å²) >= 11 is 11.6. The fourth-order valence-electron chi connectivity index (χ4n) is 0.962. The quantitative estimate of drug-likeness (QED) is 0.726. The molecule has 1 heterocycles. The Hall–Kier alpha value is -0.310. The first-order valence-corrected chi connectivity index (χ1v) is 4.88. The van der Waals surface area contributed by atoms with E-state index in [4.69, 9.17) is 23.2 Å². The maximum atomic E-state index is 5.91. The summed E-state index contributed by atoms with van der Waals surface area (Å²) in [4.78, 5) is 6.11. The number of pyridine rings is 1. The molecule has 13 heavy (non-hydrogen) atoms. The summed E-state index contributed by atoms with van der Waals surface area (Å²) in [5, 5.41) is 0.931. The van der Waals surface area contributed by atoms with Crippen LogP contribution in [-0.2, 0) is 6.54 Å². The van der Waals surface area contributed by atoms with Crippen molar-refractivity contribution in [1.82, 2.24) is 9.88 Å². The van der Waals surface area contributed by atoms with Crippen LogP contribution in [0.4, 0.5) is 0 Å². The molecular formula is C9H12Cl2N2. The number of hydrogen-bond acceptors (Lipinski definition) is 2. The molecule has 0 bridgehead atoms. The second-order valence-electron chi connectivity index (χ2n) is 2.91. The summed E-state index contributed by atoms with van der Waals surface area (Å²) in [5.41, 5.74) is 1.01. The van der Waals surface area contributed by atoms with Gasteiger partial charge in [0, 0.05) is 12.1 Å². The zero-order valence-electron chi connectivity index (χ0n) is 7.72. The standard InChI is InChI=1S/C9H12Cl2N2/c1-3-13(2)6-7-4-5-8(10)12-9(7)11/h4-5H,3,6H2,1-2H3. The van der Waals surface area contributed by atoms with Gasteiger partial charge in [0.05, 0.1) is 0 Å². The van der Waals surface area contributed by atoms with Crippen LogP contribution in [0.3, 0.4) is 0 Å². The van der Waals surface area contributed by atoms with Gasteiger partial charge >= 0.3 is 0 Å². The molecular weight excluding hydrogens is 207 g/mol. The van der Waals surface area contributed by atoms with Gasteiger partial charge in [-0.25, -0.2) is 4.98 Å². The Bertz CT molecular complexity index is 289. The Morgan fingerprint density at radius 3 is 2.62 bits per heavy atom. The third-order valence-corrected chi connectivity index (χ3v) is 2.41. The van der Waals surface area contributed by atoms with E-state index in [1.807, 2.05) is 13.1 Å². The summed E-state index contributed by atoms with van der Waals surface area (Å²) in [6.07, 6.45) is 0. The van der Waals surface area contributed by atoms with Gasteiger partial charge in [0.25, 0.3) is 0 Å². The first-order chi connectivity index (χ1) is 6.13. The largest absolute Gasteiger partial charge is 0.302 e. The molecule has 2 nitrogen and oxygen atoms in total. The highest BCUT2D eigenvalue weighted by Gasteiger charge is 2.04. The summed E-state index contributed by atoms with van der Waals surface area (Å²) in [6.45, 7) is 3.88. The van der Waals surface area contributed by atoms with E-state index in [1.54, 1.807) is 6.07 Å². The number of hydrogen-bond donors (Lipinski definition) is 0. The molecule has 0 aromatic carbocycles. The predicted molar refractivity (Wildman–Crippen MR) is 56.3 cm³/mol. The average Bonchev–Trinajstić information content (AvgIpc) is 2.09. The third kappa shape index (κ3) is 3.14. The second-order valence-corrected chi connectivity index (χ2v) is 3.66. The van der Waals surface area contributed by atoms with E-state index < -0.39 is 0 Å². The second kappa shape index (κ2) is 4.80. The van der Waals surface area contributed by atoms with Crippen LogP contribution in [0.1, 0.15) is 12.5 Å². The highest BCUT2D eigenvalue weighted by molar-refractivity contribution is 6.32. The first-order valence-electron chi connectivity index (χ1n) is 4.13. The fourth-order valence-corrected chi connectivity index (χ4v) is 1.37. The van der Waals surface area contributed by atoms with E-state index in [1.165, 1.54) is 0 Å². The highest BCUT2D eigenvalue weighted by Crippen LogP contribution is 2.17. The molecule has 1 aromatic heterocycles. The minimum Gasteiger partial charge on any atom is -0.302 e. The molecule has 72 valence electrons. The molecule has 0 fully saturated rings. The summed E-state index contributed by atoms with van der Waals surface area (Å²) < 4.78 is 0. The van der Waals surface area contributed by atoms with Crippen LogP contribution in [0.2, 0.25) is 10.3 Å². The highest BCUT2D eigenvalue weighted by atomic mass is 35.5. The molecule has 0 aliphatic carbocycles. The molecule has 1 rings (SSSR count). The minimum absolute atomic E-state index is 0.438. The van der Waals surface area contributed by atoms with Gasteiger partial charge in [0.2, 0.25) is 0 Å². The molecule has 0 saturated carbocycles. The fraction of sp³-hybridized carbons (Fsp3) is 0.444. The van der Waals surface area contributed by atoms with Gasteiger partial charge in [-0.05, 0) is 19.7 Å². The van der Waals surface area contributed by atoms with Crippen LogP contribution in [0.25, 0.3) is 0 Å². The van der Waals surface area contributed by atoms with Crippen molar-refractivity contribution in [2.75, 3.05) is 13.6 Å². The van der Waals surface area contributed by atoms with Gasteiger partial charge in [-0.3, -0.25) is 0 Å². The monoisotopic (exact) mass is 218 g/mol. The molecule has 0 spiro atoms. The molecule has 4 heteroatoms. The van der Waals surface area contributed by atoms with Crippen molar-refractivity contribution in [2.24, 2.45) is 0 Å². The maximum absolute atomic E-state index is 5.91. The SMILES string of the molecule is CCN(C)Cc1ccc(Cl)nc1Cl. The number of nitrogens with zero attached hydrogens (tertiary/aromatic N) is 2. The van der Waals surface area contributed by atoms with Gasteiger partial charge in [-0.2, -0.15) is 0 Å². The van der Waals surface area contributed by atoms with E-state index >= 15 is 0 Å². The Labute approximate surface area is 88.5 Å². The van der Waals surface area contributed by atoms with Crippen molar-refractivity contribution >= 4 is 23.2 Å². The maximum Gasteiger partial charge on any atom is 0.135 e. The molecule has 0 atom stereocenters. The Kier molecular flexibility index (Phi) is 3.97. The molecule has 1 aromatic rings. The predicted octanol–water partition coefficient (Wildman–Crippen LogP) is 2.84. The van der Waals surface area contributed by atoms with Crippen molar-refractivity contribution in [3.05, 3.63) is 28.0 Å². The summed E-state index contributed by atoms with van der Waals surface area (Å²) in [7, 11) is 2.03. The van der Waals surface area contributed by atoms with Crippen LogP contribution in [0.5, 0.6) is 0 Å². The van der Waals surface area contributed by atoms with Crippen molar-refractivity contribution in [2.45, 2.75) is 13.5 Å². The lowest BCUT2D eigenvalue weighted by atomic mass is 10.3. The smallest absolute Gasteiger partial charge is 0.135 e. The molecule has 0 saturated heterocycles. The zero-order chi connectivity index (χ0) is 9.84. The number of halogens is 2. The van der Waals surface area contributed by atoms with E-state index in [-0.39, 0.29) is 0 Å². The Morgan fingerprint density at radius 2 is 2.08 bits per heavy atom. The molecule has 0 aliphatic heterocycles. The summed E-state index contributed by atoms with van der Waals surface area (Å²) in [5.74, 6) is 0. The van der Waals surface area contributed by atoms with E-state index in [2.05, 4.69) is 16.8 Å². The zero-order valence-corrected chi connectivity index (χ0v) is 9.23. The topological polar surface area (TPSA) is 16.1 Å². The molecule has 0 radical (unpaired) electrons. The van der Waals surface area contributed by atoms with Gasteiger partial charge in [0.15, 0.2) is 0 Å². The van der Waals surface area contributed by atoms with Gasteiger partial charge in [-0.15, -0.1) is 0 Å². The van der Waals surface area contributed by atoms with Crippen LogP contribution in [0.15, 0.2) is 12.1 Å². The minimum atomic E-state index is 0.438. The molecule has 0 unspecified atom stereocenters. The van der Waals surface area contributed by atoms with Crippen LogP contribution >= 0.6 is 23.2 Å². The van der Waals surface area contributed by atoms with E-state index in [0.29, 0.717) is 10.3 Å². The lowest BCUT2D eigenvalue weighted by Gasteiger charge is -2.14. The number of aromatic nitrogens is 1. The van der Waals surface area contributed by atoms with Crippen molar-refractivity contribution < 1.29 is 0 Å². The summed E-state index contributed by atoms with van der Waals surface area (Å²) in [6, 6.07) is 3.66. The van der Waals surface area contributed by atoms with E-state index in [9.17, 15) is 0 Å². The first kappa shape index (κ1) is 10.8. The Balaban J connectivity index is 2.77. The molecule has 0 N–H and O–H groups in total. The van der Waals surface area contributed by atoms with Gasteiger partial charge in [-0.1, -0.05) is 36.2 Å². The van der Waals surface area contributed by atoms with Crippen molar-refractivity contribution in [1.29, 1.82) is 0 Å². The lowest BCUT2D eigenvalue weighted by molar-refractivity contribution is 0.345. The molecule has 0 aliphatic rings.